The van der Waals surface area contributed by atoms with Gasteiger partial charge >= 0.3 is 0 Å². The molecule has 1 aliphatic rings. The Hall–Kier alpha value is -1.17. The van der Waals surface area contributed by atoms with Gasteiger partial charge in [0.15, 0.2) is 0 Å². The number of hydrazine groups is 1. The summed E-state index contributed by atoms with van der Waals surface area (Å²) < 4.78 is 13.5. The Labute approximate surface area is 104 Å². The lowest BCUT2D eigenvalue weighted by Crippen LogP contribution is -2.42. The molecule has 1 aromatic rings. The minimum absolute atomic E-state index is 0.0670. The van der Waals surface area contributed by atoms with E-state index < -0.39 is 5.82 Å². The molecule has 0 radical (unpaired) electrons. The minimum Gasteiger partial charge on any atom is -0.351 e. The van der Waals surface area contributed by atoms with Gasteiger partial charge in [0, 0.05) is 18.7 Å². The molecule has 3 N–H and O–H groups in total. The van der Waals surface area contributed by atoms with Crippen LogP contribution in [-0.4, -0.2) is 18.5 Å². The van der Waals surface area contributed by atoms with Crippen molar-refractivity contribution in [3.05, 3.63) is 34.6 Å². The van der Waals surface area contributed by atoms with Crippen molar-refractivity contribution in [1.82, 2.24) is 16.2 Å². The third kappa shape index (κ3) is 2.94. The van der Waals surface area contributed by atoms with E-state index in [4.69, 9.17) is 11.6 Å². The monoisotopic (exact) mass is 257 g/mol. The van der Waals surface area contributed by atoms with Crippen molar-refractivity contribution >= 4 is 17.5 Å². The highest BCUT2D eigenvalue weighted by atomic mass is 35.5. The second-order valence-corrected chi connectivity index (χ2v) is 4.25. The Bertz CT molecular complexity index is 421. The summed E-state index contributed by atoms with van der Waals surface area (Å²) >= 11 is 5.65. The van der Waals surface area contributed by atoms with Crippen LogP contribution in [0.2, 0.25) is 5.02 Å². The summed E-state index contributed by atoms with van der Waals surface area (Å²) in [5.74, 6) is -0.624. The zero-order valence-electron chi connectivity index (χ0n) is 9.09. The van der Waals surface area contributed by atoms with Gasteiger partial charge in [0.1, 0.15) is 11.9 Å². The maximum Gasteiger partial charge on any atom is 0.238 e. The maximum absolute atomic E-state index is 13.5. The molecule has 17 heavy (non-hydrogen) atoms. The number of halogens is 2. The van der Waals surface area contributed by atoms with Crippen molar-refractivity contribution < 1.29 is 9.18 Å². The van der Waals surface area contributed by atoms with Gasteiger partial charge in [-0.25, -0.2) is 9.82 Å². The summed E-state index contributed by atoms with van der Waals surface area (Å²) in [6.45, 7) is 0.896. The molecule has 1 atom stereocenters. The Morgan fingerprint density at radius 2 is 2.41 bits per heavy atom. The van der Waals surface area contributed by atoms with E-state index >= 15 is 0 Å². The van der Waals surface area contributed by atoms with Gasteiger partial charge in [-0.05, 0) is 12.5 Å². The fraction of sp³-hybridized carbons (Fsp3) is 0.364. The second kappa shape index (κ2) is 5.44. The minimum atomic E-state index is -0.480. The molecule has 92 valence electrons. The average molecular weight is 258 g/mol. The van der Waals surface area contributed by atoms with Gasteiger partial charge in [-0.3, -0.25) is 10.2 Å². The molecule has 0 bridgehead atoms. The first-order valence-corrected chi connectivity index (χ1v) is 5.75. The molecule has 0 aliphatic carbocycles. The van der Waals surface area contributed by atoms with E-state index in [0.29, 0.717) is 5.56 Å². The lowest BCUT2D eigenvalue weighted by molar-refractivity contribution is -0.123. The molecular weight excluding hydrogens is 245 g/mol. The van der Waals surface area contributed by atoms with E-state index in [1.807, 2.05) is 0 Å². The van der Waals surface area contributed by atoms with Crippen LogP contribution in [-0.2, 0) is 11.3 Å². The number of carbonyl (C=O) groups is 1. The van der Waals surface area contributed by atoms with Crippen LogP contribution in [0.15, 0.2) is 18.2 Å². The lowest BCUT2D eigenvalue weighted by atomic mass is 10.2. The van der Waals surface area contributed by atoms with Crippen LogP contribution in [0.25, 0.3) is 0 Å². The van der Waals surface area contributed by atoms with Gasteiger partial charge in [0.25, 0.3) is 0 Å². The SMILES string of the molecule is O=C(NCc1cccc(Cl)c1F)[C@@H]1CCNN1. The number of benzene rings is 1. The summed E-state index contributed by atoms with van der Waals surface area (Å²) in [4.78, 5) is 11.6. The number of nitrogens with one attached hydrogen (secondary N) is 3. The Morgan fingerprint density at radius 3 is 3.12 bits per heavy atom. The van der Waals surface area contributed by atoms with Crippen LogP contribution in [0, 0.1) is 5.82 Å². The largest absolute Gasteiger partial charge is 0.351 e. The summed E-state index contributed by atoms with van der Waals surface area (Å²) in [7, 11) is 0. The van der Waals surface area contributed by atoms with Crippen LogP contribution in [0.3, 0.4) is 0 Å². The number of carbonyl (C=O) groups excluding carboxylic acids is 1. The fourth-order valence-electron chi connectivity index (χ4n) is 1.67. The van der Waals surface area contributed by atoms with Crippen LogP contribution in [0.1, 0.15) is 12.0 Å². The topological polar surface area (TPSA) is 53.2 Å². The third-order valence-electron chi connectivity index (χ3n) is 2.64. The Morgan fingerprint density at radius 1 is 1.59 bits per heavy atom. The van der Waals surface area contributed by atoms with Crippen molar-refractivity contribution in [2.75, 3.05) is 6.54 Å². The molecule has 1 amide bonds. The zero-order chi connectivity index (χ0) is 12.3. The van der Waals surface area contributed by atoms with Crippen LogP contribution in [0.4, 0.5) is 4.39 Å². The number of hydrogen-bond acceptors (Lipinski definition) is 3. The molecule has 2 rings (SSSR count). The van der Waals surface area contributed by atoms with E-state index in [1.165, 1.54) is 6.07 Å². The summed E-state index contributed by atoms with van der Waals surface area (Å²) in [5, 5.41) is 2.74. The van der Waals surface area contributed by atoms with Crippen molar-refractivity contribution in [3.63, 3.8) is 0 Å². The summed E-state index contributed by atoms with van der Waals surface area (Å²) in [6.07, 6.45) is 0.726. The predicted octanol–water partition coefficient (Wildman–Crippen LogP) is 0.962. The van der Waals surface area contributed by atoms with Gasteiger partial charge in [-0.15, -0.1) is 0 Å². The molecule has 0 spiro atoms. The van der Waals surface area contributed by atoms with Gasteiger partial charge < -0.3 is 5.32 Å². The molecule has 6 heteroatoms. The fourth-order valence-corrected chi connectivity index (χ4v) is 1.87. The number of amides is 1. The van der Waals surface area contributed by atoms with Gasteiger partial charge in [0.2, 0.25) is 5.91 Å². The van der Waals surface area contributed by atoms with Crippen molar-refractivity contribution in [1.29, 1.82) is 0 Å². The molecule has 4 nitrogen and oxygen atoms in total. The Kier molecular flexibility index (Phi) is 3.93. The molecule has 1 saturated heterocycles. The van der Waals surface area contributed by atoms with E-state index in [0.717, 1.165) is 13.0 Å². The summed E-state index contributed by atoms with van der Waals surface area (Å²) in [5.41, 5.74) is 6.09. The van der Waals surface area contributed by atoms with Crippen LogP contribution in [0.5, 0.6) is 0 Å². The molecule has 0 aromatic heterocycles. The Balaban J connectivity index is 1.93. The first-order chi connectivity index (χ1) is 8.18. The molecule has 0 saturated carbocycles. The molecule has 1 aromatic carbocycles. The first kappa shape index (κ1) is 12.3. The van der Waals surface area contributed by atoms with Gasteiger partial charge in [-0.1, -0.05) is 23.7 Å². The van der Waals surface area contributed by atoms with E-state index in [9.17, 15) is 9.18 Å². The van der Waals surface area contributed by atoms with E-state index in [2.05, 4.69) is 16.2 Å². The van der Waals surface area contributed by atoms with E-state index in [-0.39, 0.29) is 23.5 Å². The molecule has 0 unspecified atom stereocenters. The number of hydrogen-bond donors (Lipinski definition) is 3. The highest BCUT2D eigenvalue weighted by Gasteiger charge is 2.21. The van der Waals surface area contributed by atoms with E-state index in [1.54, 1.807) is 12.1 Å². The van der Waals surface area contributed by atoms with Crippen molar-refractivity contribution in [3.8, 4) is 0 Å². The molecule has 1 aliphatic heterocycles. The van der Waals surface area contributed by atoms with Crippen LogP contribution >= 0.6 is 11.6 Å². The van der Waals surface area contributed by atoms with Crippen LogP contribution < -0.4 is 16.2 Å². The normalized spacial score (nSPS) is 19.3. The van der Waals surface area contributed by atoms with Crippen molar-refractivity contribution in [2.24, 2.45) is 0 Å². The summed E-state index contributed by atoms with van der Waals surface area (Å²) in [6, 6.07) is 4.48. The first-order valence-electron chi connectivity index (χ1n) is 5.37. The molecule has 1 fully saturated rings. The maximum atomic E-state index is 13.5. The van der Waals surface area contributed by atoms with Gasteiger partial charge in [-0.2, -0.15) is 0 Å². The predicted molar refractivity (Wildman–Crippen MR) is 62.8 cm³/mol. The molecule has 1 heterocycles. The third-order valence-corrected chi connectivity index (χ3v) is 2.93. The highest BCUT2D eigenvalue weighted by molar-refractivity contribution is 6.30. The zero-order valence-corrected chi connectivity index (χ0v) is 9.85. The lowest BCUT2D eigenvalue weighted by Gasteiger charge is -2.11. The standard InChI is InChI=1S/C11H13ClFN3O/c12-8-3-1-2-7(10(8)13)6-14-11(17)9-4-5-15-16-9/h1-3,9,15-16H,4-6H2,(H,14,17)/t9-/m0/s1. The number of rotatable bonds is 3. The molecular formula is C11H13ClFN3O. The average Bonchev–Trinajstić information content (AvgIpc) is 2.84. The second-order valence-electron chi connectivity index (χ2n) is 3.84. The van der Waals surface area contributed by atoms with Gasteiger partial charge in [0.05, 0.1) is 5.02 Å². The smallest absolute Gasteiger partial charge is 0.238 e. The van der Waals surface area contributed by atoms with Crippen molar-refractivity contribution in [2.45, 2.75) is 19.0 Å². The quantitative estimate of drug-likeness (QED) is 0.756. The highest BCUT2D eigenvalue weighted by Crippen LogP contribution is 2.17.